The van der Waals surface area contributed by atoms with Gasteiger partial charge < -0.3 is 19.6 Å². The molecule has 6 nitrogen and oxygen atoms in total. The molecule has 1 unspecified atom stereocenters. The quantitative estimate of drug-likeness (QED) is 0.795. The standard InChI is InChI=1S/C15H17NO5S/c1-9(16-15(18)19)7-22-8-10-5-14(17)21-13-6-11(20-2)3-4-12(10)13/h3-6,9,16H,7-8H2,1-2H3,(H,18,19). The van der Waals surface area contributed by atoms with Crippen LogP contribution < -0.4 is 15.7 Å². The highest BCUT2D eigenvalue weighted by molar-refractivity contribution is 7.98. The number of hydrogen-bond acceptors (Lipinski definition) is 5. The predicted octanol–water partition coefficient (Wildman–Crippen LogP) is 2.69. The van der Waals surface area contributed by atoms with Gasteiger partial charge in [-0.2, -0.15) is 11.8 Å². The van der Waals surface area contributed by atoms with Gasteiger partial charge in [-0.05, 0) is 24.6 Å². The molecule has 7 heteroatoms. The van der Waals surface area contributed by atoms with E-state index in [4.69, 9.17) is 14.3 Å². The van der Waals surface area contributed by atoms with Gasteiger partial charge >= 0.3 is 11.7 Å². The van der Waals surface area contributed by atoms with Gasteiger partial charge in [0, 0.05) is 35.1 Å². The van der Waals surface area contributed by atoms with Gasteiger partial charge in [0.1, 0.15) is 11.3 Å². The molecule has 0 saturated heterocycles. The van der Waals surface area contributed by atoms with E-state index < -0.39 is 11.7 Å². The number of carbonyl (C=O) groups is 1. The third-order valence-corrected chi connectivity index (χ3v) is 4.28. The first-order chi connectivity index (χ1) is 10.5. The predicted molar refractivity (Wildman–Crippen MR) is 85.8 cm³/mol. The van der Waals surface area contributed by atoms with Gasteiger partial charge in [-0.15, -0.1) is 0 Å². The molecule has 0 aliphatic carbocycles. The van der Waals surface area contributed by atoms with Crippen molar-refractivity contribution >= 4 is 28.8 Å². The highest BCUT2D eigenvalue weighted by Crippen LogP contribution is 2.25. The van der Waals surface area contributed by atoms with Gasteiger partial charge in [-0.1, -0.05) is 0 Å². The van der Waals surface area contributed by atoms with E-state index in [1.54, 1.807) is 31.9 Å². The van der Waals surface area contributed by atoms with Crippen molar-refractivity contribution < 1.29 is 19.1 Å². The minimum atomic E-state index is -1.04. The third kappa shape index (κ3) is 4.17. The monoisotopic (exact) mass is 323 g/mol. The number of fused-ring (bicyclic) bond motifs is 1. The largest absolute Gasteiger partial charge is 0.497 e. The van der Waals surface area contributed by atoms with Gasteiger partial charge in [-0.3, -0.25) is 0 Å². The summed E-state index contributed by atoms with van der Waals surface area (Å²) in [6.07, 6.45) is -1.04. The number of thioether (sulfide) groups is 1. The molecule has 0 aliphatic heterocycles. The lowest BCUT2D eigenvalue weighted by atomic mass is 10.1. The Labute approximate surface area is 131 Å². The summed E-state index contributed by atoms with van der Waals surface area (Å²) in [5.41, 5.74) is 0.939. The summed E-state index contributed by atoms with van der Waals surface area (Å²) >= 11 is 1.55. The number of nitrogens with one attached hydrogen (secondary N) is 1. The molecule has 1 aromatic heterocycles. The number of ether oxygens (including phenoxy) is 1. The van der Waals surface area contributed by atoms with Crippen molar-refractivity contribution in [1.29, 1.82) is 0 Å². The number of hydrogen-bond donors (Lipinski definition) is 2. The van der Waals surface area contributed by atoms with E-state index in [2.05, 4.69) is 5.32 Å². The van der Waals surface area contributed by atoms with Crippen LogP contribution in [-0.4, -0.2) is 30.1 Å². The first kappa shape index (κ1) is 16.2. The van der Waals surface area contributed by atoms with Crippen LogP contribution in [0, 0.1) is 0 Å². The molecule has 0 fully saturated rings. The molecule has 22 heavy (non-hydrogen) atoms. The number of rotatable bonds is 6. The number of benzene rings is 1. The number of carboxylic acid groups (broad SMARTS) is 1. The van der Waals surface area contributed by atoms with Crippen molar-refractivity contribution in [2.24, 2.45) is 0 Å². The van der Waals surface area contributed by atoms with E-state index in [9.17, 15) is 9.59 Å². The minimum absolute atomic E-state index is 0.158. The summed E-state index contributed by atoms with van der Waals surface area (Å²) in [6.45, 7) is 1.80. The van der Waals surface area contributed by atoms with Crippen LogP contribution in [-0.2, 0) is 5.75 Å². The fraction of sp³-hybridized carbons (Fsp3) is 0.333. The van der Waals surface area contributed by atoms with Crippen molar-refractivity contribution in [2.75, 3.05) is 12.9 Å². The Balaban J connectivity index is 2.13. The van der Waals surface area contributed by atoms with Crippen LogP contribution in [0.4, 0.5) is 4.79 Å². The van der Waals surface area contributed by atoms with Crippen LogP contribution >= 0.6 is 11.8 Å². The van der Waals surface area contributed by atoms with Crippen LogP contribution in [0.5, 0.6) is 5.75 Å². The Morgan fingerprint density at radius 2 is 2.23 bits per heavy atom. The fourth-order valence-corrected chi connectivity index (χ4v) is 3.07. The molecule has 2 N–H and O–H groups in total. The summed E-state index contributed by atoms with van der Waals surface area (Å²) in [5.74, 6) is 1.84. The Bertz CT molecular complexity index is 727. The van der Waals surface area contributed by atoms with Crippen LogP contribution in [0.2, 0.25) is 0 Å². The maximum Gasteiger partial charge on any atom is 0.404 e. The zero-order chi connectivity index (χ0) is 16.1. The summed E-state index contributed by atoms with van der Waals surface area (Å²) in [6, 6.07) is 6.65. The maximum absolute atomic E-state index is 11.6. The van der Waals surface area contributed by atoms with Crippen LogP contribution in [0.1, 0.15) is 12.5 Å². The maximum atomic E-state index is 11.6. The molecule has 0 bridgehead atoms. The summed E-state index contributed by atoms with van der Waals surface area (Å²) in [7, 11) is 1.55. The average Bonchev–Trinajstić information content (AvgIpc) is 2.45. The van der Waals surface area contributed by atoms with Gasteiger partial charge in [0.2, 0.25) is 0 Å². The van der Waals surface area contributed by atoms with Gasteiger partial charge in [0.25, 0.3) is 0 Å². The normalized spacial score (nSPS) is 12.1. The topological polar surface area (TPSA) is 88.8 Å². The highest BCUT2D eigenvalue weighted by atomic mass is 32.2. The summed E-state index contributed by atoms with van der Waals surface area (Å²) in [4.78, 5) is 22.2. The molecule has 0 aliphatic rings. The lowest BCUT2D eigenvalue weighted by Gasteiger charge is -2.11. The van der Waals surface area contributed by atoms with Crippen LogP contribution in [0.25, 0.3) is 11.0 Å². The summed E-state index contributed by atoms with van der Waals surface area (Å²) < 4.78 is 10.3. The molecular formula is C15H17NO5S. The molecule has 1 atom stereocenters. The van der Waals surface area contributed by atoms with E-state index in [1.165, 1.54) is 6.07 Å². The third-order valence-electron chi connectivity index (χ3n) is 3.03. The molecule has 2 rings (SSSR count). The zero-order valence-electron chi connectivity index (χ0n) is 12.3. The Morgan fingerprint density at radius 3 is 2.91 bits per heavy atom. The molecule has 0 spiro atoms. The first-order valence-electron chi connectivity index (χ1n) is 6.67. The molecule has 118 valence electrons. The lowest BCUT2D eigenvalue weighted by molar-refractivity contribution is 0.192. The second-order valence-electron chi connectivity index (χ2n) is 4.82. The van der Waals surface area contributed by atoms with E-state index in [1.807, 2.05) is 12.1 Å². The van der Waals surface area contributed by atoms with Crippen molar-refractivity contribution in [3.05, 3.63) is 40.2 Å². The fourth-order valence-electron chi connectivity index (χ4n) is 2.05. The van der Waals surface area contributed by atoms with Crippen molar-refractivity contribution in [2.45, 2.75) is 18.7 Å². The Kier molecular flexibility index (Phi) is 5.32. The number of methoxy groups -OCH3 is 1. The highest BCUT2D eigenvalue weighted by Gasteiger charge is 2.09. The van der Waals surface area contributed by atoms with Crippen LogP contribution in [0.15, 0.2) is 33.5 Å². The van der Waals surface area contributed by atoms with Crippen molar-refractivity contribution in [3.8, 4) is 5.75 Å². The van der Waals surface area contributed by atoms with E-state index in [-0.39, 0.29) is 6.04 Å². The van der Waals surface area contributed by atoms with E-state index in [0.717, 1.165) is 10.9 Å². The van der Waals surface area contributed by atoms with Gasteiger partial charge in [0.05, 0.1) is 7.11 Å². The van der Waals surface area contributed by atoms with E-state index in [0.29, 0.717) is 22.8 Å². The second kappa shape index (κ2) is 7.22. The molecule has 0 saturated carbocycles. The average molecular weight is 323 g/mol. The molecule has 0 radical (unpaired) electrons. The van der Waals surface area contributed by atoms with Crippen LogP contribution in [0.3, 0.4) is 0 Å². The van der Waals surface area contributed by atoms with Gasteiger partial charge in [0.15, 0.2) is 0 Å². The summed E-state index contributed by atoms with van der Waals surface area (Å²) in [5, 5.41) is 11.9. The Morgan fingerprint density at radius 1 is 1.45 bits per heavy atom. The molecule has 1 amide bonds. The molecule has 2 aromatic rings. The lowest BCUT2D eigenvalue weighted by Crippen LogP contribution is -2.32. The van der Waals surface area contributed by atoms with Crippen molar-refractivity contribution in [1.82, 2.24) is 5.32 Å². The molecule has 1 aromatic carbocycles. The molecular weight excluding hydrogens is 306 g/mol. The number of amides is 1. The van der Waals surface area contributed by atoms with E-state index >= 15 is 0 Å². The Hall–Kier alpha value is -2.15. The molecule has 1 heterocycles. The smallest absolute Gasteiger partial charge is 0.404 e. The van der Waals surface area contributed by atoms with Crippen molar-refractivity contribution in [3.63, 3.8) is 0 Å². The zero-order valence-corrected chi connectivity index (χ0v) is 13.1. The van der Waals surface area contributed by atoms with Gasteiger partial charge in [-0.25, -0.2) is 9.59 Å². The second-order valence-corrected chi connectivity index (χ2v) is 5.85. The minimum Gasteiger partial charge on any atom is -0.497 e. The SMILES string of the molecule is COc1ccc2c(CSCC(C)NC(=O)O)cc(=O)oc2c1. The first-order valence-corrected chi connectivity index (χ1v) is 7.83.